The fourth-order valence-electron chi connectivity index (χ4n) is 1.98. The monoisotopic (exact) mass is 286 g/mol. The summed E-state index contributed by atoms with van der Waals surface area (Å²) in [5, 5.41) is 3.22. The molecule has 1 heterocycles. The molecule has 1 N–H and O–H groups in total. The third kappa shape index (κ3) is 4.95. The molecule has 0 aliphatic rings. The SMILES string of the molecule is CCOc1ccnc(NCCCN(C)c2ccccc2)n1. The number of hydrogen-bond acceptors (Lipinski definition) is 5. The Balaban J connectivity index is 1.73. The Morgan fingerprint density at radius 1 is 1.19 bits per heavy atom. The van der Waals surface area contributed by atoms with Crippen LogP contribution in [-0.2, 0) is 0 Å². The van der Waals surface area contributed by atoms with Gasteiger partial charge in [-0.25, -0.2) is 4.98 Å². The summed E-state index contributed by atoms with van der Waals surface area (Å²) >= 11 is 0. The Bertz CT molecular complexity index is 533. The van der Waals surface area contributed by atoms with E-state index in [-0.39, 0.29) is 0 Å². The molecule has 1 aromatic heterocycles. The van der Waals surface area contributed by atoms with Crippen LogP contribution >= 0.6 is 0 Å². The van der Waals surface area contributed by atoms with Gasteiger partial charge in [0.15, 0.2) is 0 Å². The van der Waals surface area contributed by atoms with Gasteiger partial charge >= 0.3 is 0 Å². The second-order valence-corrected chi connectivity index (χ2v) is 4.69. The molecule has 0 unspecified atom stereocenters. The van der Waals surface area contributed by atoms with E-state index in [0.29, 0.717) is 18.4 Å². The molecule has 2 aromatic rings. The third-order valence-corrected chi connectivity index (χ3v) is 3.07. The first-order valence-electron chi connectivity index (χ1n) is 7.25. The first-order valence-corrected chi connectivity index (χ1v) is 7.25. The number of anilines is 2. The number of nitrogens with one attached hydrogen (secondary N) is 1. The molecule has 0 radical (unpaired) electrons. The van der Waals surface area contributed by atoms with Gasteiger partial charge < -0.3 is 15.0 Å². The number of nitrogens with zero attached hydrogens (tertiary/aromatic N) is 3. The zero-order valence-corrected chi connectivity index (χ0v) is 12.6. The fourth-order valence-corrected chi connectivity index (χ4v) is 1.98. The van der Waals surface area contributed by atoms with E-state index >= 15 is 0 Å². The van der Waals surface area contributed by atoms with Crippen molar-refractivity contribution in [1.29, 1.82) is 0 Å². The molecule has 2 rings (SSSR count). The second-order valence-electron chi connectivity index (χ2n) is 4.69. The molecule has 0 spiro atoms. The van der Waals surface area contributed by atoms with Crippen molar-refractivity contribution in [3.8, 4) is 5.88 Å². The summed E-state index contributed by atoms with van der Waals surface area (Å²) in [6.07, 6.45) is 2.71. The lowest BCUT2D eigenvalue weighted by molar-refractivity contribution is 0.326. The van der Waals surface area contributed by atoms with E-state index in [2.05, 4.69) is 51.5 Å². The standard InChI is InChI=1S/C16H22N4O/c1-3-21-15-10-12-18-16(19-15)17-11-7-13-20(2)14-8-5-4-6-9-14/h4-6,8-10,12H,3,7,11,13H2,1-2H3,(H,17,18,19). The van der Waals surface area contributed by atoms with Crippen LogP contribution < -0.4 is 15.0 Å². The van der Waals surface area contributed by atoms with Crippen LogP contribution in [0, 0.1) is 0 Å². The van der Waals surface area contributed by atoms with Crippen molar-refractivity contribution in [1.82, 2.24) is 9.97 Å². The van der Waals surface area contributed by atoms with Crippen LogP contribution in [0.3, 0.4) is 0 Å². The minimum Gasteiger partial charge on any atom is -0.478 e. The molecule has 0 fully saturated rings. The number of ether oxygens (including phenoxy) is 1. The first-order chi connectivity index (χ1) is 10.3. The Labute approximate surface area is 126 Å². The van der Waals surface area contributed by atoms with Crippen molar-refractivity contribution in [3.05, 3.63) is 42.6 Å². The van der Waals surface area contributed by atoms with Crippen LogP contribution in [0.25, 0.3) is 0 Å². The average Bonchev–Trinajstić information content (AvgIpc) is 2.53. The fraction of sp³-hybridized carbons (Fsp3) is 0.375. The van der Waals surface area contributed by atoms with E-state index in [1.54, 1.807) is 12.3 Å². The van der Waals surface area contributed by atoms with Crippen molar-refractivity contribution >= 4 is 11.6 Å². The lowest BCUT2D eigenvalue weighted by Crippen LogP contribution is -2.21. The van der Waals surface area contributed by atoms with Crippen LogP contribution in [-0.4, -0.2) is 36.7 Å². The predicted molar refractivity (Wildman–Crippen MR) is 86.0 cm³/mol. The lowest BCUT2D eigenvalue weighted by Gasteiger charge is -2.19. The minimum absolute atomic E-state index is 0.608. The number of aromatic nitrogens is 2. The van der Waals surface area contributed by atoms with E-state index < -0.39 is 0 Å². The third-order valence-electron chi connectivity index (χ3n) is 3.07. The number of para-hydroxylation sites is 1. The Kier molecular flexibility index (Phi) is 5.82. The summed E-state index contributed by atoms with van der Waals surface area (Å²) in [5.41, 5.74) is 1.23. The molecule has 0 saturated carbocycles. The number of benzene rings is 1. The van der Waals surface area contributed by atoms with Gasteiger partial charge in [-0.3, -0.25) is 0 Å². The summed E-state index contributed by atoms with van der Waals surface area (Å²) in [4.78, 5) is 10.7. The highest BCUT2D eigenvalue weighted by Crippen LogP contribution is 2.11. The van der Waals surface area contributed by atoms with E-state index in [1.165, 1.54) is 5.69 Å². The first kappa shape index (κ1) is 15.1. The van der Waals surface area contributed by atoms with Crippen molar-refractivity contribution in [2.24, 2.45) is 0 Å². The maximum atomic E-state index is 5.35. The van der Waals surface area contributed by atoms with Gasteiger partial charge in [-0.05, 0) is 25.5 Å². The summed E-state index contributed by atoms with van der Waals surface area (Å²) in [6.45, 7) is 4.35. The van der Waals surface area contributed by atoms with Gasteiger partial charge in [-0.15, -0.1) is 0 Å². The quantitative estimate of drug-likeness (QED) is 0.756. The second kappa shape index (κ2) is 8.09. The maximum absolute atomic E-state index is 5.35. The predicted octanol–water partition coefficient (Wildman–Crippen LogP) is 2.81. The van der Waals surface area contributed by atoms with Crippen LogP contribution in [0.1, 0.15) is 13.3 Å². The van der Waals surface area contributed by atoms with Gasteiger partial charge in [0.05, 0.1) is 6.61 Å². The Morgan fingerprint density at radius 2 is 2.00 bits per heavy atom. The lowest BCUT2D eigenvalue weighted by atomic mass is 10.3. The highest BCUT2D eigenvalue weighted by molar-refractivity contribution is 5.44. The van der Waals surface area contributed by atoms with Gasteiger partial charge in [0.2, 0.25) is 11.8 Å². The normalized spacial score (nSPS) is 10.2. The molecule has 5 nitrogen and oxygen atoms in total. The van der Waals surface area contributed by atoms with Gasteiger partial charge in [0, 0.05) is 38.1 Å². The molecule has 5 heteroatoms. The van der Waals surface area contributed by atoms with E-state index in [9.17, 15) is 0 Å². The van der Waals surface area contributed by atoms with Crippen molar-refractivity contribution < 1.29 is 4.74 Å². The molecular formula is C16H22N4O. The molecule has 1 aromatic carbocycles. The largest absolute Gasteiger partial charge is 0.478 e. The van der Waals surface area contributed by atoms with Crippen molar-refractivity contribution in [2.75, 3.05) is 37.0 Å². The number of hydrogen-bond donors (Lipinski definition) is 1. The van der Waals surface area contributed by atoms with Crippen LogP contribution in [0.2, 0.25) is 0 Å². The zero-order valence-electron chi connectivity index (χ0n) is 12.6. The minimum atomic E-state index is 0.608. The zero-order chi connectivity index (χ0) is 14.9. The molecule has 0 bridgehead atoms. The molecule has 0 aliphatic heterocycles. The summed E-state index contributed by atoms with van der Waals surface area (Å²) in [6, 6.07) is 12.1. The molecule has 21 heavy (non-hydrogen) atoms. The van der Waals surface area contributed by atoms with Crippen molar-refractivity contribution in [3.63, 3.8) is 0 Å². The molecule has 112 valence electrons. The molecule has 0 atom stereocenters. The van der Waals surface area contributed by atoms with Gasteiger partial charge in [0.1, 0.15) is 0 Å². The van der Waals surface area contributed by atoms with E-state index in [4.69, 9.17) is 4.74 Å². The van der Waals surface area contributed by atoms with E-state index in [0.717, 1.165) is 19.5 Å². The van der Waals surface area contributed by atoms with Gasteiger partial charge in [-0.1, -0.05) is 18.2 Å². The van der Waals surface area contributed by atoms with Crippen LogP contribution in [0.5, 0.6) is 5.88 Å². The molecular weight excluding hydrogens is 264 g/mol. The molecule has 0 amide bonds. The molecule has 0 saturated heterocycles. The number of rotatable bonds is 8. The van der Waals surface area contributed by atoms with Crippen LogP contribution in [0.15, 0.2) is 42.6 Å². The highest BCUT2D eigenvalue weighted by atomic mass is 16.5. The van der Waals surface area contributed by atoms with Gasteiger partial charge in [0.25, 0.3) is 0 Å². The topological polar surface area (TPSA) is 50.3 Å². The smallest absolute Gasteiger partial charge is 0.225 e. The average molecular weight is 286 g/mol. The Morgan fingerprint density at radius 3 is 2.76 bits per heavy atom. The van der Waals surface area contributed by atoms with Crippen molar-refractivity contribution in [2.45, 2.75) is 13.3 Å². The Hall–Kier alpha value is -2.30. The summed E-state index contributed by atoms with van der Waals surface area (Å²) in [7, 11) is 2.10. The summed E-state index contributed by atoms with van der Waals surface area (Å²) in [5.74, 6) is 1.22. The van der Waals surface area contributed by atoms with E-state index in [1.807, 2.05) is 13.0 Å². The maximum Gasteiger partial charge on any atom is 0.225 e. The highest BCUT2D eigenvalue weighted by Gasteiger charge is 2.01. The van der Waals surface area contributed by atoms with Gasteiger partial charge in [-0.2, -0.15) is 4.98 Å². The molecule has 0 aliphatic carbocycles. The van der Waals surface area contributed by atoms with Crippen LogP contribution in [0.4, 0.5) is 11.6 Å². The summed E-state index contributed by atoms with van der Waals surface area (Å²) < 4.78 is 5.35.